The smallest absolute Gasteiger partial charge is 0.242 e. The molecule has 1 heterocycles. The summed E-state index contributed by atoms with van der Waals surface area (Å²) in [5, 5.41) is 2.44. The summed E-state index contributed by atoms with van der Waals surface area (Å²) >= 11 is 3.16. The minimum atomic E-state index is -0.391. The fourth-order valence-electron chi connectivity index (χ4n) is 1.60. The van der Waals surface area contributed by atoms with E-state index in [1.807, 2.05) is 0 Å². The SMILES string of the molecule is O=C1CN(Cc2ccc(Br)cc2F)C(=O)CN1. The number of nitrogens with one attached hydrogen (secondary N) is 1. The molecule has 0 unspecified atom stereocenters. The van der Waals surface area contributed by atoms with E-state index in [0.717, 1.165) is 0 Å². The quantitative estimate of drug-likeness (QED) is 0.887. The second-order valence-electron chi connectivity index (χ2n) is 3.76. The molecule has 1 aliphatic heterocycles. The fourth-order valence-corrected chi connectivity index (χ4v) is 1.94. The molecule has 6 heteroatoms. The standard InChI is InChI=1S/C11H10BrFN2O2/c12-8-2-1-7(9(13)3-8)5-15-6-10(16)14-4-11(15)17/h1-3H,4-6H2,(H,14,16). The number of benzene rings is 1. The molecule has 1 aromatic rings. The van der Waals surface area contributed by atoms with Crippen molar-refractivity contribution in [3.8, 4) is 0 Å². The summed E-state index contributed by atoms with van der Waals surface area (Å²) in [5.74, 6) is -0.813. The molecule has 0 radical (unpaired) electrons. The monoisotopic (exact) mass is 300 g/mol. The third-order valence-corrected chi connectivity index (χ3v) is 2.99. The van der Waals surface area contributed by atoms with Crippen molar-refractivity contribution in [3.05, 3.63) is 34.1 Å². The van der Waals surface area contributed by atoms with Crippen molar-refractivity contribution in [1.29, 1.82) is 0 Å². The van der Waals surface area contributed by atoms with Crippen LogP contribution >= 0.6 is 15.9 Å². The number of hydrogen-bond donors (Lipinski definition) is 1. The highest BCUT2D eigenvalue weighted by Gasteiger charge is 2.23. The lowest BCUT2D eigenvalue weighted by molar-refractivity contribution is -0.141. The van der Waals surface area contributed by atoms with Crippen molar-refractivity contribution in [1.82, 2.24) is 10.2 Å². The zero-order valence-electron chi connectivity index (χ0n) is 8.87. The van der Waals surface area contributed by atoms with Gasteiger partial charge in [0.15, 0.2) is 0 Å². The van der Waals surface area contributed by atoms with Gasteiger partial charge in [0.1, 0.15) is 5.82 Å². The molecule has 0 bridgehead atoms. The topological polar surface area (TPSA) is 49.4 Å². The van der Waals surface area contributed by atoms with Gasteiger partial charge in [-0.2, -0.15) is 0 Å². The lowest BCUT2D eigenvalue weighted by atomic mass is 10.2. The van der Waals surface area contributed by atoms with E-state index in [9.17, 15) is 14.0 Å². The van der Waals surface area contributed by atoms with Crippen molar-refractivity contribution in [3.63, 3.8) is 0 Å². The van der Waals surface area contributed by atoms with Crippen LogP contribution in [0.2, 0.25) is 0 Å². The summed E-state index contributed by atoms with van der Waals surface area (Å²) in [6, 6.07) is 4.63. The Bertz CT molecular complexity index is 479. The lowest BCUT2D eigenvalue weighted by Gasteiger charge is -2.26. The minimum absolute atomic E-state index is 0.0169. The molecule has 1 saturated heterocycles. The number of carbonyl (C=O) groups is 2. The van der Waals surface area contributed by atoms with E-state index < -0.39 is 5.82 Å². The highest BCUT2D eigenvalue weighted by molar-refractivity contribution is 9.10. The normalized spacial score (nSPS) is 16.0. The van der Waals surface area contributed by atoms with Gasteiger partial charge in [-0.15, -0.1) is 0 Å². The van der Waals surface area contributed by atoms with Gasteiger partial charge in [0.25, 0.3) is 0 Å². The molecule has 0 atom stereocenters. The van der Waals surface area contributed by atoms with Gasteiger partial charge in [-0.3, -0.25) is 9.59 Å². The van der Waals surface area contributed by atoms with Crippen LogP contribution in [-0.4, -0.2) is 29.8 Å². The van der Waals surface area contributed by atoms with E-state index >= 15 is 0 Å². The Morgan fingerprint density at radius 3 is 2.88 bits per heavy atom. The average molecular weight is 301 g/mol. The van der Waals surface area contributed by atoms with Crippen LogP contribution in [0.3, 0.4) is 0 Å². The first kappa shape index (κ1) is 12.0. The van der Waals surface area contributed by atoms with Gasteiger partial charge in [0.2, 0.25) is 11.8 Å². The van der Waals surface area contributed by atoms with E-state index in [2.05, 4.69) is 21.2 Å². The molecular weight excluding hydrogens is 291 g/mol. The molecule has 1 fully saturated rings. The molecule has 1 N–H and O–H groups in total. The first-order valence-corrected chi connectivity index (χ1v) is 5.84. The summed E-state index contributed by atoms with van der Waals surface area (Å²) in [4.78, 5) is 24.0. The van der Waals surface area contributed by atoms with Crippen LogP contribution in [0.1, 0.15) is 5.56 Å². The first-order valence-electron chi connectivity index (χ1n) is 5.04. The second kappa shape index (κ2) is 4.83. The molecule has 2 amide bonds. The predicted octanol–water partition coefficient (Wildman–Crippen LogP) is 1.05. The molecular formula is C11H10BrFN2O2. The molecule has 0 spiro atoms. The van der Waals surface area contributed by atoms with E-state index in [1.54, 1.807) is 12.1 Å². The van der Waals surface area contributed by atoms with Gasteiger partial charge >= 0.3 is 0 Å². The Hall–Kier alpha value is -1.43. The summed E-state index contributed by atoms with van der Waals surface area (Å²) in [6.45, 7) is 0.0800. The Labute approximate surface area is 106 Å². The average Bonchev–Trinajstić information content (AvgIpc) is 2.27. The second-order valence-corrected chi connectivity index (χ2v) is 4.68. The van der Waals surface area contributed by atoms with E-state index in [0.29, 0.717) is 10.0 Å². The molecule has 17 heavy (non-hydrogen) atoms. The van der Waals surface area contributed by atoms with Crippen molar-refractivity contribution >= 4 is 27.7 Å². The van der Waals surface area contributed by atoms with Crippen molar-refractivity contribution in [2.75, 3.05) is 13.1 Å². The number of nitrogens with zero attached hydrogens (tertiary/aromatic N) is 1. The number of piperazine rings is 1. The Kier molecular flexibility index (Phi) is 3.42. The first-order chi connectivity index (χ1) is 8.06. The van der Waals surface area contributed by atoms with Crippen LogP contribution in [0, 0.1) is 5.82 Å². The lowest BCUT2D eigenvalue weighted by Crippen LogP contribution is -2.51. The zero-order valence-corrected chi connectivity index (χ0v) is 10.5. The zero-order chi connectivity index (χ0) is 12.4. The highest BCUT2D eigenvalue weighted by Crippen LogP contribution is 2.17. The van der Waals surface area contributed by atoms with Crippen LogP contribution in [0.4, 0.5) is 4.39 Å². The third kappa shape index (κ3) is 2.82. The summed E-state index contributed by atoms with van der Waals surface area (Å²) in [6.07, 6.45) is 0. The van der Waals surface area contributed by atoms with Gasteiger partial charge in [0.05, 0.1) is 13.1 Å². The molecule has 0 aromatic heterocycles. The molecule has 4 nitrogen and oxygen atoms in total. The maximum absolute atomic E-state index is 13.6. The Morgan fingerprint density at radius 2 is 2.18 bits per heavy atom. The summed E-state index contributed by atoms with van der Waals surface area (Å²) in [7, 11) is 0. The number of rotatable bonds is 2. The van der Waals surface area contributed by atoms with Crippen LogP contribution in [0.15, 0.2) is 22.7 Å². The van der Waals surface area contributed by atoms with Crippen LogP contribution in [-0.2, 0) is 16.1 Å². The molecule has 1 aliphatic rings. The van der Waals surface area contributed by atoms with Gasteiger partial charge < -0.3 is 10.2 Å². The molecule has 90 valence electrons. The minimum Gasteiger partial charge on any atom is -0.345 e. The molecule has 0 saturated carbocycles. The van der Waals surface area contributed by atoms with Crippen molar-refractivity contribution < 1.29 is 14.0 Å². The van der Waals surface area contributed by atoms with Crippen LogP contribution in [0.25, 0.3) is 0 Å². The molecule has 2 rings (SSSR count). The Morgan fingerprint density at radius 1 is 1.41 bits per heavy atom. The van der Waals surface area contributed by atoms with Crippen molar-refractivity contribution in [2.24, 2.45) is 0 Å². The Balaban J connectivity index is 2.14. The third-order valence-electron chi connectivity index (χ3n) is 2.50. The largest absolute Gasteiger partial charge is 0.345 e. The van der Waals surface area contributed by atoms with E-state index in [4.69, 9.17) is 0 Å². The summed E-state index contributed by atoms with van der Waals surface area (Å²) in [5.41, 5.74) is 0.399. The molecule has 0 aliphatic carbocycles. The number of carbonyl (C=O) groups excluding carboxylic acids is 2. The van der Waals surface area contributed by atoms with Crippen LogP contribution < -0.4 is 5.32 Å². The van der Waals surface area contributed by atoms with Crippen molar-refractivity contribution in [2.45, 2.75) is 6.54 Å². The van der Waals surface area contributed by atoms with Crippen LogP contribution in [0.5, 0.6) is 0 Å². The maximum atomic E-state index is 13.6. The predicted molar refractivity (Wildman–Crippen MR) is 62.5 cm³/mol. The van der Waals surface area contributed by atoms with E-state index in [1.165, 1.54) is 11.0 Å². The highest BCUT2D eigenvalue weighted by atomic mass is 79.9. The maximum Gasteiger partial charge on any atom is 0.242 e. The van der Waals surface area contributed by atoms with Gasteiger partial charge in [-0.25, -0.2) is 4.39 Å². The number of halogens is 2. The van der Waals surface area contributed by atoms with E-state index in [-0.39, 0.29) is 31.4 Å². The van der Waals surface area contributed by atoms with Gasteiger partial charge in [0, 0.05) is 16.6 Å². The number of amides is 2. The summed E-state index contributed by atoms with van der Waals surface area (Å²) < 4.78 is 14.2. The number of hydrogen-bond acceptors (Lipinski definition) is 2. The van der Waals surface area contributed by atoms with Gasteiger partial charge in [-0.05, 0) is 12.1 Å². The molecule has 1 aromatic carbocycles. The van der Waals surface area contributed by atoms with Gasteiger partial charge in [-0.1, -0.05) is 22.0 Å². The fraction of sp³-hybridized carbons (Fsp3) is 0.273.